The number of unbranched alkanes of at least 4 members (excludes halogenated alkanes) is 6. The van der Waals surface area contributed by atoms with Crippen molar-refractivity contribution in [2.24, 2.45) is 5.41 Å². The molecule has 0 aromatic heterocycles. The maximum absolute atomic E-state index is 11.7. The van der Waals surface area contributed by atoms with E-state index in [1.807, 2.05) is 27.7 Å². The molecule has 4 heteroatoms. The largest absolute Gasteiger partial charge is 0.466 e. The molecule has 0 aromatic carbocycles. The van der Waals surface area contributed by atoms with Crippen molar-refractivity contribution >= 4 is 11.9 Å². The first-order valence-corrected chi connectivity index (χ1v) is 9.62. The van der Waals surface area contributed by atoms with Gasteiger partial charge < -0.3 is 9.47 Å². The molecule has 1 unspecified atom stereocenters. The van der Waals surface area contributed by atoms with Crippen LogP contribution in [0.5, 0.6) is 0 Å². The summed E-state index contributed by atoms with van der Waals surface area (Å²) in [5.41, 5.74) is -0.0456. The Hall–Kier alpha value is -1.06. The van der Waals surface area contributed by atoms with Gasteiger partial charge in [-0.2, -0.15) is 0 Å². The van der Waals surface area contributed by atoms with Crippen LogP contribution >= 0.6 is 0 Å². The minimum atomic E-state index is -0.183. The van der Waals surface area contributed by atoms with Crippen molar-refractivity contribution in [1.29, 1.82) is 0 Å². The molecule has 0 fully saturated rings. The van der Waals surface area contributed by atoms with Crippen molar-refractivity contribution in [1.82, 2.24) is 0 Å². The molecule has 0 saturated carbocycles. The third kappa shape index (κ3) is 13.4. The molecule has 0 amide bonds. The van der Waals surface area contributed by atoms with Crippen LogP contribution in [-0.2, 0) is 19.1 Å². The van der Waals surface area contributed by atoms with Gasteiger partial charge in [0.2, 0.25) is 0 Å². The van der Waals surface area contributed by atoms with Crippen molar-refractivity contribution in [2.75, 3.05) is 6.61 Å². The van der Waals surface area contributed by atoms with Gasteiger partial charge >= 0.3 is 11.9 Å². The predicted octanol–water partition coefficient (Wildman–Crippen LogP) is 5.43. The van der Waals surface area contributed by atoms with Crippen LogP contribution in [0.1, 0.15) is 98.8 Å². The summed E-state index contributed by atoms with van der Waals surface area (Å²) in [6.45, 7) is 10.8. The highest BCUT2D eigenvalue weighted by Crippen LogP contribution is 2.22. The van der Waals surface area contributed by atoms with E-state index in [1.54, 1.807) is 0 Å². The minimum absolute atomic E-state index is 0.0456. The lowest BCUT2D eigenvalue weighted by Crippen LogP contribution is -2.28. The molecule has 4 nitrogen and oxygen atoms in total. The average Bonchev–Trinajstić information content (AvgIpc) is 2.49. The lowest BCUT2D eigenvalue weighted by atomic mass is 9.90. The number of carbonyl (C=O) groups is 2. The lowest BCUT2D eigenvalue weighted by molar-refractivity contribution is -0.153. The maximum atomic E-state index is 11.7. The quantitative estimate of drug-likeness (QED) is 0.331. The number of rotatable bonds is 13. The fourth-order valence-corrected chi connectivity index (χ4v) is 2.11. The van der Waals surface area contributed by atoms with Gasteiger partial charge in [0.05, 0.1) is 6.61 Å². The Bertz CT molecular complexity index is 344. The molecule has 0 aromatic rings. The molecule has 0 spiro atoms. The zero-order valence-corrected chi connectivity index (χ0v) is 16.5. The van der Waals surface area contributed by atoms with Crippen molar-refractivity contribution < 1.29 is 19.1 Å². The maximum Gasteiger partial charge on any atom is 0.306 e. The van der Waals surface area contributed by atoms with Crippen molar-refractivity contribution in [2.45, 2.75) is 105 Å². The Balaban J connectivity index is 3.53. The van der Waals surface area contributed by atoms with Gasteiger partial charge in [-0.25, -0.2) is 0 Å². The van der Waals surface area contributed by atoms with Gasteiger partial charge in [-0.3, -0.25) is 9.59 Å². The van der Waals surface area contributed by atoms with E-state index in [4.69, 9.17) is 9.47 Å². The summed E-state index contributed by atoms with van der Waals surface area (Å²) < 4.78 is 10.6. The predicted molar refractivity (Wildman–Crippen MR) is 97.8 cm³/mol. The van der Waals surface area contributed by atoms with E-state index < -0.39 is 0 Å². The Morgan fingerprint density at radius 3 is 1.96 bits per heavy atom. The number of ether oxygens (including phenoxy) is 2. The highest BCUT2D eigenvalue weighted by Gasteiger charge is 2.23. The molecule has 1 atom stereocenters. The monoisotopic (exact) mass is 342 g/mol. The van der Waals surface area contributed by atoms with Gasteiger partial charge in [-0.1, -0.05) is 59.8 Å². The molecule has 0 N–H and O–H groups in total. The minimum Gasteiger partial charge on any atom is -0.466 e. The molecular weight excluding hydrogens is 304 g/mol. The zero-order chi connectivity index (χ0) is 18.4. The smallest absolute Gasteiger partial charge is 0.306 e. The molecule has 24 heavy (non-hydrogen) atoms. The number of hydrogen-bond acceptors (Lipinski definition) is 4. The summed E-state index contributed by atoms with van der Waals surface area (Å²) in [4.78, 5) is 23.3. The molecule has 0 rings (SSSR count). The van der Waals surface area contributed by atoms with Gasteiger partial charge in [0.1, 0.15) is 6.10 Å². The molecule has 142 valence electrons. The molecule has 0 heterocycles. The van der Waals surface area contributed by atoms with Gasteiger partial charge in [-0.15, -0.1) is 0 Å². The first-order chi connectivity index (χ1) is 11.3. The number of carbonyl (C=O) groups excluding carboxylic acids is 2. The van der Waals surface area contributed by atoms with E-state index in [9.17, 15) is 9.59 Å². The van der Waals surface area contributed by atoms with Crippen molar-refractivity contribution in [3.05, 3.63) is 0 Å². The van der Waals surface area contributed by atoms with E-state index in [2.05, 4.69) is 6.92 Å². The number of esters is 2. The lowest BCUT2D eigenvalue weighted by Gasteiger charge is -2.26. The molecule has 0 aliphatic carbocycles. The summed E-state index contributed by atoms with van der Waals surface area (Å²) in [5, 5.41) is 0. The van der Waals surface area contributed by atoms with Crippen LogP contribution in [0.15, 0.2) is 0 Å². The second-order valence-electron chi connectivity index (χ2n) is 7.69. The fourth-order valence-electron chi connectivity index (χ4n) is 2.11. The summed E-state index contributed by atoms with van der Waals surface area (Å²) in [7, 11) is 0. The summed E-state index contributed by atoms with van der Waals surface area (Å²) in [6, 6.07) is 0. The van der Waals surface area contributed by atoms with Crippen LogP contribution in [0.4, 0.5) is 0 Å². The first-order valence-electron chi connectivity index (χ1n) is 9.62. The molecule has 0 radical (unpaired) electrons. The highest BCUT2D eigenvalue weighted by molar-refractivity contribution is 5.70. The van der Waals surface area contributed by atoms with E-state index in [0.717, 1.165) is 12.8 Å². The fraction of sp³-hybridized carbons (Fsp3) is 0.900. The highest BCUT2D eigenvalue weighted by atomic mass is 16.5. The number of hydrogen-bond donors (Lipinski definition) is 0. The molecule has 0 aliphatic heterocycles. The first kappa shape index (κ1) is 22.9. The third-order valence-corrected chi connectivity index (χ3v) is 4.30. The van der Waals surface area contributed by atoms with Crippen molar-refractivity contribution in [3.8, 4) is 0 Å². The average molecular weight is 343 g/mol. The summed E-state index contributed by atoms with van der Waals surface area (Å²) >= 11 is 0. The summed E-state index contributed by atoms with van der Waals surface area (Å²) in [6.07, 6.45) is 9.10. The zero-order valence-electron chi connectivity index (χ0n) is 16.5. The van der Waals surface area contributed by atoms with Crippen LogP contribution in [0.2, 0.25) is 0 Å². The third-order valence-electron chi connectivity index (χ3n) is 4.30. The van der Waals surface area contributed by atoms with E-state index in [0.29, 0.717) is 32.3 Å². The van der Waals surface area contributed by atoms with Crippen LogP contribution in [0, 0.1) is 5.41 Å². The van der Waals surface area contributed by atoms with Crippen LogP contribution in [0.25, 0.3) is 0 Å². The van der Waals surface area contributed by atoms with Gasteiger partial charge in [0.15, 0.2) is 0 Å². The van der Waals surface area contributed by atoms with Gasteiger partial charge in [0.25, 0.3) is 0 Å². The Morgan fingerprint density at radius 1 is 0.833 bits per heavy atom. The Labute approximate surface area is 148 Å². The van der Waals surface area contributed by atoms with Crippen molar-refractivity contribution in [3.63, 3.8) is 0 Å². The molecule has 0 saturated heterocycles. The SMILES string of the molecule is CCCCCCCCOC(=O)CCCCC(=O)OC(C)C(C)(C)C. The molecule has 0 aliphatic rings. The van der Waals surface area contributed by atoms with Crippen LogP contribution in [0.3, 0.4) is 0 Å². The Morgan fingerprint density at radius 2 is 1.38 bits per heavy atom. The van der Waals surface area contributed by atoms with Crippen LogP contribution < -0.4 is 0 Å². The van der Waals surface area contributed by atoms with E-state index in [-0.39, 0.29) is 23.5 Å². The molecule has 0 bridgehead atoms. The summed E-state index contributed by atoms with van der Waals surface area (Å²) in [5.74, 6) is -0.335. The Kier molecular flexibility index (Phi) is 12.7. The standard InChI is InChI=1S/C20H38O4/c1-6-7-8-9-10-13-16-23-18(21)14-11-12-15-19(22)24-17(2)20(3,4)5/h17H,6-16H2,1-5H3. The van der Waals surface area contributed by atoms with E-state index in [1.165, 1.54) is 25.7 Å². The van der Waals surface area contributed by atoms with Crippen LogP contribution in [-0.4, -0.2) is 24.6 Å². The normalized spacial score (nSPS) is 12.7. The van der Waals surface area contributed by atoms with Gasteiger partial charge in [-0.05, 0) is 31.6 Å². The second-order valence-corrected chi connectivity index (χ2v) is 7.69. The second kappa shape index (κ2) is 13.3. The molecular formula is C20H38O4. The van der Waals surface area contributed by atoms with E-state index >= 15 is 0 Å². The van der Waals surface area contributed by atoms with Gasteiger partial charge in [0, 0.05) is 12.8 Å². The topological polar surface area (TPSA) is 52.6 Å².